The lowest BCUT2D eigenvalue weighted by atomic mass is 10.2. The van der Waals surface area contributed by atoms with E-state index in [4.69, 9.17) is 5.11 Å². The van der Waals surface area contributed by atoms with Gasteiger partial charge in [0.05, 0.1) is 0 Å². The van der Waals surface area contributed by atoms with E-state index >= 15 is 0 Å². The van der Waals surface area contributed by atoms with E-state index < -0.39 is 6.11 Å². The van der Waals surface area contributed by atoms with Gasteiger partial charge in [-0.3, -0.25) is 0 Å². The van der Waals surface area contributed by atoms with Gasteiger partial charge in [0.25, 0.3) is 0 Å². The Kier molecular flexibility index (Phi) is 3.25. The number of nitrogens with zero attached hydrogens (tertiary/aromatic N) is 1. The van der Waals surface area contributed by atoms with E-state index in [1.807, 2.05) is 18.2 Å². The quantitative estimate of drug-likeness (QED) is 0.643. The maximum atomic E-state index is 10.6. The van der Waals surface area contributed by atoms with E-state index in [9.17, 15) is 8.78 Å². The number of H-pyrrole nitrogens is 1. The number of pyridine rings is 1. The molecule has 5 heteroatoms. The molecule has 2 aromatic heterocycles. The van der Waals surface area contributed by atoms with E-state index in [2.05, 4.69) is 28.2 Å². The molecule has 0 fully saturated rings. The molecule has 0 atom stereocenters. The van der Waals surface area contributed by atoms with Crippen LogP contribution in [0.4, 0.5) is 8.78 Å². The summed E-state index contributed by atoms with van der Waals surface area (Å²) in [5.41, 5.74) is 2.11. The molecule has 0 unspecified atom stereocenters. The van der Waals surface area contributed by atoms with Crippen LogP contribution in [0.3, 0.4) is 0 Å². The fourth-order valence-corrected chi connectivity index (χ4v) is 1.68. The van der Waals surface area contributed by atoms with E-state index in [-0.39, 0.29) is 0 Å². The Hall–Kier alpha value is -2.01. The number of para-hydroxylation sites is 1. The number of aromatic amines is 1. The number of fused-ring (bicyclic) bond motifs is 3. The summed E-state index contributed by atoms with van der Waals surface area (Å²) in [5.74, 6) is 0. The molecule has 94 valence electrons. The van der Waals surface area contributed by atoms with Gasteiger partial charge in [0.15, 0.2) is 0 Å². The van der Waals surface area contributed by atoms with Gasteiger partial charge >= 0.3 is 6.11 Å². The summed E-state index contributed by atoms with van der Waals surface area (Å²) in [6.45, 7) is 0.410. The van der Waals surface area contributed by atoms with Crippen molar-refractivity contribution in [1.82, 2.24) is 9.97 Å². The minimum atomic E-state index is -3.50. The van der Waals surface area contributed by atoms with Crippen LogP contribution >= 0.6 is 0 Å². The molecule has 0 aliphatic rings. The van der Waals surface area contributed by atoms with Gasteiger partial charge in [0.2, 0.25) is 0 Å². The van der Waals surface area contributed by atoms with Gasteiger partial charge in [0, 0.05) is 29.4 Å². The second-order valence-electron chi connectivity index (χ2n) is 3.91. The first kappa shape index (κ1) is 12.4. The summed E-state index contributed by atoms with van der Waals surface area (Å²) in [6, 6.07) is 12.3. The molecular formula is C13H12F2N2O. The number of rotatable bonds is 0. The predicted molar refractivity (Wildman–Crippen MR) is 66.4 cm³/mol. The first-order valence-electron chi connectivity index (χ1n) is 5.37. The highest BCUT2D eigenvalue weighted by Gasteiger charge is 2.11. The van der Waals surface area contributed by atoms with Gasteiger partial charge in [-0.1, -0.05) is 18.2 Å². The third-order valence-corrected chi connectivity index (χ3v) is 2.28. The van der Waals surface area contributed by atoms with Gasteiger partial charge in [-0.15, -0.1) is 0 Å². The van der Waals surface area contributed by atoms with Crippen molar-refractivity contribution < 1.29 is 13.9 Å². The summed E-state index contributed by atoms with van der Waals surface area (Å²) < 4.78 is 21.2. The molecule has 3 aromatic rings. The minimum absolute atomic E-state index is 0.410. The highest BCUT2D eigenvalue weighted by molar-refractivity contribution is 6.05. The third kappa shape index (κ3) is 3.01. The molecule has 1 aromatic carbocycles. The molecule has 0 saturated heterocycles. The molecule has 3 rings (SSSR count). The Morgan fingerprint density at radius 2 is 1.72 bits per heavy atom. The van der Waals surface area contributed by atoms with Crippen LogP contribution < -0.4 is 0 Å². The highest BCUT2D eigenvalue weighted by Crippen LogP contribution is 2.22. The second-order valence-corrected chi connectivity index (χ2v) is 3.91. The largest absolute Gasteiger partial charge is 0.350 e. The van der Waals surface area contributed by atoms with Crippen molar-refractivity contribution in [3.8, 4) is 0 Å². The maximum Gasteiger partial charge on any atom is 0.350 e. The summed E-state index contributed by atoms with van der Waals surface area (Å²) in [4.78, 5) is 7.53. The summed E-state index contributed by atoms with van der Waals surface area (Å²) in [6.07, 6.45) is -1.70. The van der Waals surface area contributed by atoms with Crippen LogP contribution in [-0.4, -0.2) is 21.2 Å². The van der Waals surface area contributed by atoms with Gasteiger partial charge in [0.1, 0.15) is 5.65 Å². The van der Waals surface area contributed by atoms with Gasteiger partial charge in [-0.2, -0.15) is 8.78 Å². The molecule has 0 aliphatic heterocycles. The zero-order valence-corrected chi connectivity index (χ0v) is 9.69. The lowest BCUT2D eigenvalue weighted by Gasteiger charge is -1.93. The Bertz CT molecular complexity index is 602. The van der Waals surface area contributed by atoms with Gasteiger partial charge < -0.3 is 10.1 Å². The van der Waals surface area contributed by atoms with Crippen molar-refractivity contribution in [1.29, 1.82) is 0 Å². The van der Waals surface area contributed by atoms with E-state index in [1.165, 1.54) is 10.8 Å². The molecule has 0 spiro atoms. The number of benzene rings is 1. The maximum absolute atomic E-state index is 10.6. The number of aromatic nitrogens is 2. The number of nitrogens with one attached hydrogen (secondary N) is 1. The average molecular weight is 250 g/mol. The third-order valence-electron chi connectivity index (χ3n) is 2.28. The standard InChI is InChI=1S/C11H8N2.C2H4F2O/c1-2-6-10-8(4-1)9-5-3-7-12-11(9)13-10;1-2(3,4)5/h1-7H,(H,12,13);5H,1H3. The number of halogens is 2. The number of hydrogen-bond donors (Lipinski definition) is 2. The van der Waals surface area contributed by atoms with Crippen LogP contribution in [0.2, 0.25) is 0 Å². The molecule has 0 radical (unpaired) electrons. The van der Waals surface area contributed by atoms with Crippen molar-refractivity contribution >= 4 is 21.9 Å². The molecular weight excluding hydrogens is 238 g/mol. The van der Waals surface area contributed by atoms with Crippen molar-refractivity contribution in [2.45, 2.75) is 13.0 Å². The van der Waals surface area contributed by atoms with Crippen LogP contribution in [0.15, 0.2) is 42.6 Å². The van der Waals surface area contributed by atoms with E-state index in [0.717, 1.165) is 11.2 Å². The monoisotopic (exact) mass is 250 g/mol. The van der Waals surface area contributed by atoms with E-state index in [1.54, 1.807) is 6.20 Å². The molecule has 18 heavy (non-hydrogen) atoms. The molecule has 0 aliphatic carbocycles. The fraction of sp³-hybridized carbons (Fsp3) is 0.154. The van der Waals surface area contributed by atoms with Crippen LogP contribution in [0.5, 0.6) is 0 Å². The SMILES string of the molecule is CC(O)(F)F.c1ccc2c(c1)[nH]c1ncccc12. The van der Waals surface area contributed by atoms with Crippen molar-refractivity contribution in [3.63, 3.8) is 0 Å². The van der Waals surface area contributed by atoms with Crippen LogP contribution in [-0.2, 0) is 0 Å². The molecule has 0 bridgehead atoms. The van der Waals surface area contributed by atoms with Crippen molar-refractivity contribution in [2.24, 2.45) is 0 Å². The molecule has 2 N–H and O–H groups in total. The normalized spacial score (nSPS) is 11.3. The van der Waals surface area contributed by atoms with Crippen molar-refractivity contribution in [3.05, 3.63) is 42.6 Å². The topological polar surface area (TPSA) is 48.9 Å². The average Bonchev–Trinajstić information content (AvgIpc) is 2.65. The van der Waals surface area contributed by atoms with Gasteiger partial charge in [-0.05, 0) is 18.2 Å². The molecule has 2 heterocycles. The molecule has 3 nitrogen and oxygen atoms in total. The smallest absolute Gasteiger partial charge is 0.339 e. The molecule has 0 amide bonds. The lowest BCUT2D eigenvalue weighted by molar-refractivity contribution is -0.181. The fourth-order valence-electron chi connectivity index (χ4n) is 1.68. The first-order valence-corrected chi connectivity index (χ1v) is 5.37. The Balaban J connectivity index is 0.000000209. The van der Waals surface area contributed by atoms with Crippen LogP contribution in [0, 0.1) is 0 Å². The summed E-state index contributed by atoms with van der Waals surface area (Å²) in [7, 11) is 0. The summed E-state index contributed by atoms with van der Waals surface area (Å²) >= 11 is 0. The Morgan fingerprint density at radius 3 is 2.44 bits per heavy atom. The van der Waals surface area contributed by atoms with Crippen LogP contribution in [0.25, 0.3) is 21.9 Å². The second kappa shape index (κ2) is 4.70. The Labute approximate surface area is 102 Å². The summed E-state index contributed by atoms with van der Waals surface area (Å²) in [5, 5.41) is 9.62. The van der Waals surface area contributed by atoms with Crippen LogP contribution in [0.1, 0.15) is 6.92 Å². The zero-order chi connectivity index (χ0) is 13.2. The van der Waals surface area contributed by atoms with Crippen molar-refractivity contribution in [2.75, 3.05) is 0 Å². The zero-order valence-electron chi connectivity index (χ0n) is 9.69. The van der Waals surface area contributed by atoms with E-state index in [0.29, 0.717) is 6.92 Å². The lowest BCUT2D eigenvalue weighted by Crippen LogP contribution is -2.04. The highest BCUT2D eigenvalue weighted by atomic mass is 19.3. The Morgan fingerprint density at radius 1 is 1.11 bits per heavy atom. The molecule has 0 saturated carbocycles. The predicted octanol–water partition coefficient (Wildman–Crippen LogP) is 3.31. The minimum Gasteiger partial charge on any atom is -0.339 e. The number of hydrogen-bond acceptors (Lipinski definition) is 2. The number of aliphatic hydroxyl groups is 1. The first-order chi connectivity index (χ1) is 8.45. The number of alkyl halides is 2. The van der Waals surface area contributed by atoms with Gasteiger partial charge in [-0.25, -0.2) is 4.98 Å².